The van der Waals surface area contributed by atoms with Crippen molar-refractivity contribution in [3.8, 4) is 5.75 Å². The first-order valence-electron chi connectivity index (χ1n) is 41.0. The smallest absolute Gasteiger partial charge is 0.437 e. The number of urea groups is 1. The van der Waals surface area contributed by atoms with Gasteiger partial charge in [0.25, 0.3) is 0 Å². The number of hydrogen-bond acceptors (Lipinski definition) is 25. The van der Waals surface area contributed by atoms with Gasteiger partial charge in [0, 0.05) is 32.6 Å². The Morgan fingerprint density at radius 1 is 0.424 bits per heavy atom. The van der Waals surface area contributed by atoms with Crippen LogP contribution < -0.4 is 84.9 Å². The molecule has 1 rings (SSSR count). The molecule has 41 nitrogen and oxygen atoms in total. The number of esters is 2. The number of halogens is 4. The molecular weight excluding hydrogens is 1660 g/mol. The fraction of sp³-hybridized carbons (Fsp3) is 0.713. The minimum atomic E-state index is -1.85. The average molecular weight is 1790 g/mol. The van der Waals surface area contributed by atoms with Crippen LogP contribution in [0.15, 0.2) is 11.1 Å². The number of ether oxygens (including phenoxy) is 9. The van der Waals surface area contributed by atoms with E-state index in [1.807, 2.05) is 13.8 Å². The molecule has 15 amide bonds. The number of nitrogens with zero attached hydrogens (tertiary/aromatic N) is 1. The fourth-order valence-electron chi connectivity index (χ4n) is 10.7. The van der Waals surface area contributed by atoms with Crippen LogP contribution in [0.2, 0.25) is 0 Å². The number of nitrogens with two attached hydrogens (primary N) is 1. The number of rotatable bonds is 55. The molecule has 0 radical (unpaired) electrons. The van der Waals surface area contributed by atoms with Crippen LogP contribution in [0.1, 0.15) is 189 Å². The molecule has 0 bridgehead atoms. The highest BCUT2D eigenvalue weighted by Gasteiger charge is 2.38. The molecule has 0 aliphatic carbocycles. The van der Waals surface area contributed by atoms with Crippen LogP contribution in [0.5, 0.6) is 5.75 Å². The largest absolute Gasteiger partial charge is 0.460 e. The molecule has 125 heavy (non-hydrogen) atoms. The maximum atomic E-state index is 14.2. The highest BCUT2D eigenvalue weighted by atomic mass is 19.2. The van der Waals surface area contributed by atoms with Gasteiger partial charge in [0.05, 0.1) is 92.0 Å². The van der Waals surface area contributed by atoms with Gasteiger partial charge in [-0.25, -0.2) is 23.2 Å². The molecule has 1 aromatic carbocycles. The zero-order valence-corrected chi connectivity index (χ0v) is 75.1. The molecule has 7 atom stereocenters. The van der Waals surface area contributed by atoms with Crippen LogP contribution in [0.3, 0.4) is 0 Å². The van der Waals surface area contributed by atoms with Gasteiger partial charge in [-0.05, 0) is 146 Å². The summed E-state index contributed by atoms with van der Waals surface area (Å²) < 4.78 is 102. The Labute approximate surface area is 726 Å². The Balaban J connectivity index is 3.01. The Kier molecular flexibility index (Phi) is 51.3. The Morgan fingerprint density at radius 2 is 0.840 bits per heavy atom. The zero-order chi connectivity index (χ0) is 95.1. The van der Waals surface area contributed by atoms with Gasteiger partial charge in [-0.3, -0.25) is 67.6 Å². The maximum Gasteiger partial charge on any atom is 0.437 e. The first-order chi connectivity index (χ1) is 58.1. The van der Waals surface area contributed by atoms with E-state index in [2.05, 4.69) is 84.2 Å². The summed E-state index contributed by atoms with van der Waals surface area (Å²) in [6, 6.07) is -10.6. The van der Waals surface area contributed by atoms with E-state index in [-0.39, 0.29) is 160 Å². The predicted octanol–water partition coefficient (Wildman–Crippen LogP) is 1.80. The van der Waals surface area contributed by atoms with Crippen molar-refractivity contribution in [3.05, 3.63) is 29.3 Å². The number of nitrogens with one attached hydrogen (secondary N) is 14. The van der Waals surface area contributed by atoms with Gasteiger partial charge in [0.15, 0.2) is 11.6 Å². The molecule has 45 heteroatoms. The summed E-state index contributed by atoms with van der Waals surface area (Å²) in [6.45, 7) is 29.5. The van der Waals surface area contributed by atoms with E-state index in [1.54, 1.807) is 90.0 Å². The summed E-state index contributed by atoms with van der Waals surface area (Å²) in [7, 11) is 0. The topological polar surface area (TPSA) is 563 Å². The number of carbonyl (C=O) groups is 16. The van der Waals surface area contributed by atoms with Crippen LogP contribution in [0, 0.1) is 41.0 Å². The molecule has 0 heterocycles. The molecule has 0 saturated carbocycles. The minimum absolute atomic E-state index is 0.00616. The lowest BCUT2D eigenvalue weighted by molar-refractivity contribution is -0.156. The molecule has 0 aliphatic rings. The van der Waals surface area contributed by atoms with E-state index >= 15 is 0 Å². The van der Waals surface area contributed by atoms with Gasteiger partial charge >= 0.3 is 30.2 Å². The highest BCUT2D eigenvalue weighted by molar-refractivity contribution is 6.01. The molecular formula is C80H132F4N16O25. The van der Waals surface area contributed by atoms with Gasteiger partial charge in [0.1, 0.15) is 64.6 Å². The Bertz CT molecular complexity index is 3740. The van der Waals surface area contributed by atoms with Gasteiger partial charge < -0.3 is 117 Å². The number of aliphatic imine (C=N–C) groups is 1. The molecule has 0 spiro atoms. The summed E-state index contributed by atoms with van der Waals surface area (Å²) >= 11 is 0. The SMILES string of the molecule is CC(=O)NC(CCCN/C(=N\C(=O)OC(C)(C)C)NC(=O)OC(C)(C)C)C(=O)NCC(=O)N[C@@H](CC(=O)OC(C)(C)C)C(=O)N[C@@H](CC(C)C)C(=O)N[C@@H](C)C(=O)NCC(=O)N[C@@H](CC(C)C)C(=O)N[C@@H](CCCNC(N)=O)C(=O)NC(C)(C)C(=O)N[C@@H](CC(C)C)C(=O)NCCOCCOCCOCCOCCOCCC(=O)Oc1c(F)c(F)cc(F)c1F. The average Bonchev–Trinajstić information content (AvgIpc) is 0.822. The summed E-state index contributed by atoms with van der Waals surface area (Å²) in [5.74, 6) is -21.1. The van der Waals surface area contributed by atoms with Crippen LogP contribution >= 0.6 is 0 Å². The predicted molar refractivity (Wildman–Crippen MR) is 443 cm³/mol. The lowest BCUT2D eigenvalue weighted by Gasteiger charge is -2.31. The lowest BCUT2D eigenvalue weighted by Crippen LogP contribution is -2.62. The molecule has 0 fully saturated rings. The first-order valence-corrected chi connectivity index (χ1v) is 41.0. The number of amides is 15. The van der Waals surface area contributed by atoms with Crippen LogP contribution in [0.25, 0.3) is 0 Å². The van der Waals surface area contributed by atoms with E-state index in [1.165, 1.54) is 20.8 Å². The van der Waals surface area contributed by atoms with Crippen LogP contribution in [-0.2, 0) is 100 Å². The zero-order valence-electron chi connectivity index (χ0n) is 75.1. The number of hydrogen-bond donors (Lipinski definition) is 15. The summed E-state index contributed by atoms with van der Waals surface area (Å²) in [4.78, 5) is 216. The third kappa shape index (κ3) is 52.0. The quantitative estimate of drug-likeness (QED) is 0.00646. The van der Waals surface area contributed by atoms with Crippen LogP contribution in [-0.4, -0.2) is 265 Å². The van der Waals surface area contributed by atoms with E-state index in [4.69, 9.17) is 43.6 Å². The van der Waals surface area contributed by atoms with Crippen molar-refractivity contribution in [3.63, 3.8) is 0 Å². The maximum absolute atomic E-state index is 14.2. The van der Waals surface area contributed by atoms with Gasteiger partial charge in [-0.1, -0.05) is 41.5 Å². The van der Waals surface area contributed by atoms with E-state index in [0.29, 0.717) is 0 Å². The van der Waals surface area contributed by atoms with Gasteiger partial charge in [-0.2, -0.15) is 8.78 Å². The highest BCUT2D eigenvalue weighted by Crippen LogP contribution is 2.27. The van der Waals surface area contributed by atoms with Crippen molar-refractivity contribution in [1.82, 2.24) is 74.4 Å². The fourth-order valence-corrected chi connectivity index (χ4v) is 10.7. The van der Waals surface area contributed by atoms with Crippen molar-refractivity contribution in [2.75, 3.05) is 98.8 Å². The lowest BCUT2D eigenvalue weighted by atomic mass is 9.98. The van der Waals surface area contributed by atoms with Crippen molar-refractivity contribution in [2.45, 2.75) is 254 Å². The molecule has 1 unspecified atom stereocenters. The van der Waals surface area contributed by atoms with Gasteiger partial charge in [0.2, 0.25) is 88.3 Å². The molecule has 710 valence electrons. The molecule has 0 aliphatic heterocycles. The van der Waals surface area contributed by atoms with E-state index in [9.17, 15) is 94.3 Å². The van der Waals surface area contributed by atoms with Crippen molar-refractivity contribution in [2.24, 2.45) is 28.5 Å². The summed E-state index contributed by atoms with van der Waals surface area (Å²) in [5.41, 5.74) is 0.604. The standard InChI is InChI=1S/C80H132F4N16O25/c1-45(2)38-54(67(108)86-27-29-118-31-33-120-35-37-121-36-34-119-32-30-117-28-24-60(104)122-64-62(83)50(81)41-51(82)63(64)84)97-72(113)80(18,19)100-71(112)53(23-20-25-87-73(85)114)95-69(110)55(39-46(3)4)93-58(102)43-89-65(106)48(7)91-68(109)56(40-47(5)6)96-70(111)57(42-61(105)123-77(9,10)11)94-59(103)44-90-66(107)52(92-49(8)101)22-21-26-88-74(98-75(115)124-78(12,13)14)99-76(116)125-79(15,16)17/h41,45-48,52-57H,20-40,42-44H2,1-19H3,(H,86,108)(H,89,106)(H,90,107)(H,91,109)(H,92,101)(H,93,102)(H,94,103)(H,95,110)(H,96,111)(H,97,113)(H,100,112)(H3,85,87,114)(H2,88,98,99,115,116)/t48-,52?,53-,54-,55-,56-,57-/m0/s1. The second-order valence-electron chi connectivity index (χ2n) is 33.5. The summed E-state index contributed by atoms with van der Waals surface area (Å²) in [6.07, 6.45) is -3.22. The monoisotopic (exact) mass is 1790 g/mol. The third-order valence-electron chi connectivity index (χ3n) is 16.3. The second kappa shape index (κ2) is 57.0. The number of benzene rings is 1. The Morgan fingerprint density at radius 3 is 1.32 bits per heavy atom. The third-order valence-corrected chi connectivity index (χ3v) is 16.3. The second-order valence-corrected chi connectivity index (χ2v) is 33.5. The van der Waals surface area contributed by atoms with Crippen molar-refractivity contribution in [1.29, 1.82) is 0 Å². The molecule has 0 aromatic heterocycles. The molecule has 0 saturated heterocycles. The number of primary amides is 1. The van der Waals surface area contributed by atoms with Crippen molar-refractivity contribution >= 4 is 101 Å². The first kappa shape index (κ1) is 112. The Hall–Kier alpha value is -10.7. The number of carbonyl (C=O) groups excluding carboxylic acids is 16. The van der Waals surface area contributed by atoms with Crippen LogP contribution in [0.4, 0.5) is 31.9 Å². The van der Waals surface area contributed by atoms with Crippen molar-refractivity contribution < 1.29 is 137 Å². The number of alkyl carbamates (subject to hydrolysis) is 1. The van der Waals surface area contributed by atoms with Gasteiger partial charge in [-0.15, -0.1) is 4.99 Å². The minimum Gasteiger partial charge on any atom is -0.460 e. The van der Waals surface area contributed by atoms with E-state index in [0.717, 1.165) is 6.92 Å². The number of guanidine groups is 1. The normalized spacial score (nSPS) is 13.5. The molecule has 1 aromatic rings. The molecule has 16 N–H and O–H groups in total. The van der Waals surface area contributed by atoms with E-state index < -0.39 is 215 Å². The summed E-state index contributed by atoms with van der Waals surface area (Å²) in [5, 5.41) is 35.4.